The summed E-state index contributed by atoms with van der Waals surface area (Å²) in [5.74, 6) is -0.372. The van der Waals surface area contributed by atoms with Gasteiger partial charge in [0.25, 0.3) is 0 Å². The second kappa shape index (κ2) is 8.60. The minimum Gasteiger partial charge on any atom is -0.496 e. The molecule has 0 aliphatic carbocycles. The number of esters is 1. The zero-order valence-electron chi connectivity index (χ0n) is 14.0. The highest BCUT2D eigenvalue weighted by Crippen LogP contribution is 2.26. The van der Waals surface area contributed by atoms with E-state index in [1.54, 1.807) is 30.3 Å². The van der Waals surface area contributed by atoms with Gasteiger partial charge in [0.1, 0.15) is 5.75 Å². The average Bonchev–Trinajstić information content (AvgIpc) is 3.37. The third kappa shape index (κ3) is 4.28. The fourth-order valence-electron chi connectivity index (χ4n) is 2.34. The first-order valence-corrected chi connectivity index (χ1v) is 9.57. The Morgan fingerprint density at radius 1 is 1.00 bits per heavy atom. The van der Waals surface area contributed by atoms with Gasteiger partial charge in [-0.3, -0.25) is 4.79 Å². The maximum Gasteiger partial charge on any atom is 0.340 e. The van der Waals surface area contributed by atoms with Gasteiger partial charge in [0.2, 0.25) is 5.78 Å². The molecule has 0 radical (unpaired) electrons. The molecule has 132 valence electrons. The first-order valence-electron chi connectivity index (χ1n) is 7.81. The molecule has 0 saturated heterocycles. The maximum atomic E-state index is 12.6. The molecule has 0 atom stereocenters. The predicted octanol–water partition coefficient (Wildman–Crippen LogP) is 4.78. The van der Waals surface area contributed by atoms with Crippen molar-refractivity contribution in [1.29, 1.82) is 0 Å². The molecule has 1 aromatic carbocycles. The number of Topliss-reactive ketones (excluding diaryl/α,β-unsaturated/α-hetero) is 1. The van der Waals surface area contributed by atoms with E-state index in [1.807, 2.05) is 35.0 Å². The van der Waals surface area contributed by atoms with Gasteiger partial charge < -0.3 is 9.47 Å². The fourth-order valence-corrected chi connectivity index (χ4v) is 3.73. The molecule has 0 amide bonds. The average molecular weight is 384 g/mol. The highest BCUT2D eigenvalue weighted by Gasteiger charge is 2.18. The summed E-state index contributed by atoms with van der Waals surface area (Å²) in [6, 6.07) is 14.4. The van der Waals surface area contributed by atoms with Gasteiger partial charge in [0.15, 0.2) is 6.61 Å². The van der Waals surface area contributed by atoms with Crippen LogP contribution in [-0.2, 0) is 9.53 Å². The molecule has 3 rings (SSSR count). The number of rotatable bonds is 7. The Bertz CT molecular complexity index is 909. The van der Waals surface area contributed by atoms with Gasteiger partial charge in [-0.25, -0.2) is 4.79 Å². The molecule has 26 heavy (non-hydrogen) atoms. The van der Waals surface area contributed by atoms with E-state index in [0.29, 0.717) is 16.9 Å². The maximum absolute atomic E-state index is 12.6. The Morgan fingerprint density at radius 3 is 2.46 bits per heavy atom. The molecule has 2 aromatic heterocycles. The van der Waals surface area contributed by atoms with Crippen molar-refractivity contribution in [3.8, 4) is 5.75 Å². The predicted molar refractivity (Wildman–Crippen MR) is 105 cm³/mol. The van der Waals surface area contributed by atoms with Crippen LogP contribution in [0.25, 0.3) is 11.6 Å². The molecular weight excluding hydrogens is 368 g/mol. The number of hydrogen-bond acceptors (Lipinski definition) is 6. The molecule has 0 saturated carbocycles. The van der Waals surface area contributed by atoms with Crippen molar-refractivity contribution in [2.75, 3.05) is 13.7 Å². The van der Waals surface area contributed by atoms with Crippen LogP contribution in [-0.4, -0.2) is 25.5 Å². The van der Waals surface area contributed by atoms with Crippen molar-refractivity contribution in [1.82, 2.24) is 0 Å². The molecule has 0 spiro atoms. The Hall–Kier alpha value is -2.70. The number of ether oxygens (including phenoxy) is 2. The van der Waals surface area contributed by atoms with Crippen molar-refractivity contribution in [2.45, 2.75) is 0 Å². The van der Waals surface area contributed by atoms with E-state index < -0.39 is 5.97 Å². The summed E-state index contributed by atoms with van der Waals surface area (Å²) < 4.78 is 10.5. The first-order chi connectivity index (χ1) is 12.7. The van der Waals surface area contributed by atoms with Crippen LogP contribution in [0.1, 0.15) is 20.1 Å². The first kappa shape index (κ1) is 18.1. The zero-order chi connectivity index (χ0) is 18.4. The number of methoxy groups -OCH3 is 1. The monoisotopic (exact) mass is 384 g/mol. The van der Waals surface area contributed by atoms with Gasteiger partial charge in [-0.05, 0) is 41.1 Å². The quantitative estimate of drug-likeness (QED) is 0.334. The lowest BCUT2D eigenvalue weighted by Gasteiger charge is -2.09. The molecule has 0 N–H and O–H groups in total. The Balaban J connectivity index is 1.75. The van der Waals surface area contributed by atoms with E-state index in [9.17, 15) is 9.59 Å². The lowest BCUT2D eigenvalue weighted by atomic mass is 10.1. The molecule has 2 heterocycles. The van der Waals surface area contributed by atoms with Gasteiger partial charge in [-0.2, -0.15) is 0 Å². The van der Waals surface area contributed by atoms with Gasteiger partial charge in [0, 0.05) is 9.75 Å². The molecule has 4 nitrogen and oxygen atoms in total. The summed E-state index contributed by atoms with van der Waals surface area (Å²) in [5, 5.41) is 3.83. The molecule has 0 bridgehead atoms. The number of thiophene rings is 2. The van der Waals surface area contributed by atoms with E-state index in [2.05, 4.69) is 0 Å². The van der Waals surface area contributed by atoms with Gasteiger partial charge in [-0.1, -0.05) is 24.3 Å². The number of para-hydroxylation sites is 1. The smallest absolute Gasteiger partial charge is 0.340 e. The molecular formula is C20H16O4S2. The topological polar surface area (TPSA) is 52.6 Å². The normalized spacial score (nSPS) is 11.2. The highest BCUT2D eigenvalue weighted by atomic mass is 32.1. The number of benzene rings is 1. The van der Waals surface area contributed by atoms with Gasteiger partial charge >= 0.3 is 5.97 Å². The number of hydrogen-bond donors (Lipinski definition) is 0. The third-order valence-corrected chi connectivity index (χ3v) is 5.30. The summed E-state index contributed by atoms with van der Waals surface area (Å²) in [6.07, 6.45) is 1.78. The Morgan fingerprint density at radius 2 is 1.77 bits per heavy atom. The largest absolute Gasteiger partial charge is 0.496 e. The molecule has 0 aliphatic heterocycles. The van der Waals surface area contributed by atoms with E-state index >= 15 is 0 Å². The summed E-state index contributed by atoms with van der Waals surface area (Å²) >= 11 is 2.98. The highest BCUT2D eigenvalue weighted by molar-refractivity contribution is 7.12. The lowest BCUT2D eigenvalue weighted by molar-refractivity contribution is -0.135. The van der Waals surface area contributed by atoms with Crippen LogP contribution < -0.4 is 4.74 Å². The van der Waals surface area contributed by atoms with Crippen molar-refractivity contribution < 1.29 is 19.1 Å². The van der Waals surface area contributed by atoms with Crippen LogP contribution in [0, 0.1) is 0 Å². The third-order valence-electron chi connectivity index (χ3n) is 3.58. The molecule has 0 fully saturated rings. The number of carbonyl (C=O) groups excluding carboxylic acids is 2. The Labute approximate surface area is 159 Å². The van der Waals surface area contributed by atoms with E-state index in [0.717, 1.165) is 9.75 Å². The zero-order valence-corrected chi connectivity index (χ0v) is 15.6. The molecule has 3 aromatic rings. The van der Waals surface area contributed by atoms with Crippen LogP contribution in [0.4, 0.5) is 0 Å². The minimum absolute atomic E-state index is 0.308. The number of carbonyl (C=O) groups is 2. The minimum atomic E-state index is -0.524. The molecule has 0 unspecified atom stereocenters. The van der Waals surface area contributed by atoms with Crippen LogP contribution >= 0.6 is 22.7 Å². The second-order valence-electron chi connectivity index (χ2n) is 5.25. The van der Waals surface area contributed by atoms with Gasteiger partial charge in [-0.15, -0.1) is 22.7 Å². The van der Waals surface area contributed by atoms with Crippen LogP contribution in [0.15, 0.2) is 59.3 Å². The van der Waals surface area contributed by atoms with Crippen LogP contribution in [0.3, 0.4) is 0 Å². The van der Waals surface area contributed by atoms with Crippen molar-refractivity contribution in [2.24, 2.45) is 0 Å². The second-order valence-corrected chi connectivity index (χ2v) is 7.18. The van der Waals surface area contributed by atoms with E-state index in [4.69, 9.17) is 9.47 Å². The SMILES string of the molecule is COc1ccccc1C(=O)COC(=O)/C(=C/c1cccs1)c1cccs1. The summed E-state index contributed by atoms with van der Waals surface area (Å²) in [5.41, 5.74) is 0.831. The van der Waals surface area contributed by atoms with E-state index in [-0.39, 0.29) is 12.4 Å². The Kier molecular flexibility index (Phi) is 5.99. The fraction of sp³-hybridized carbons (Fsp3) is 0.100. The van der Waals surface area contributed by atoms with Crippen molar-refractivity contribution in [3.63, 3.8) is 0 Å². The lowest BCUT2D eigenvalue weighted by Crippen LogP contribution is -2.15. The summed E-state index contributed by atoms with van der Waals surface area (Å²) in [7, 11) is 1.50. The summed E-state index contributed by atoms with van der Waals surface area (Å²) in [6.45, 7) is -0.341. The van der Waals surface area contributed by atoms with Crippen molar-refractivity contribution in [3.05, 3.63) is 74.6 Å². The van der Waals surface area contributed by atoms with E-state index in [1.165, 1.54) is 29.8 Å². The standard InChI is InChI=1S/C20H16O4S2/c1-23-18-8-3-2-7-15(18)17(21)13-24-20(22)16(19-9-5-11-26-19)12-14-6-4-10-25-14/h2-12H,13H2,1H3/b16-12+. The molecule has 0 aliphatic rings. The number of ketones is 1. The molecule has 6 heteroatoms. The summed E-state index contributed by atoms with van der Waals surface area (Å²) in [4.78, 5) is 26.7. The van der Waals surface area contributed by atoms with Crippen molar-refractivity contribution >= 4 is 46.1 Å². The van der Waals surface area contributed by atoms with Crippen LogP contribution in [0.5, 0.6) is 5.75 Å². The van der Waals surface area contributed by atoms with Gasteiger partial charge in [0.05, 0.1) is 18.2 Å². The van der Waals surface area contributed by atoms with Crippen LogP contribution in [0.2, 0.25) is 0 Å².